The van der Waals surface area contributed by atoms with Gasteiger partial charge in [-0.05, 0) is 41.8 Å². The lowest BCUT2D eigenvalue weighted by molar-refractivity contribution is -0.274. The van der Waals surface area contributed by atoms with E-state index in [0.29, 0.717) is 10.4 Å². The zero-order valence-corrected chi connectivity index (χ0v) is 15.9. The van der Waals surface area contributed by atoms with Crippen LogP contribution in [0.2, 0.25) is 0 Å². The number of rotatable bonds is 6. The van der Waals surface area contributed by atoms with Gasteiger partial charge in [-0.2, -0.15) is 0 Å². The van der Waals surface area contributed by atoms with E-state index in [1.54, 1.807) is 17.5 Å². The molecule has 30 heavy (non-hydrogen) atoms. The van der Waals surface area contributed by atoms with E-state index in [-0.39, 0.29) is 12.2 Å². The van der Waals surface area contributed by atoms with Crippen LogP contribution in [-0.4, -0.2) is 29.8 Å². The molecule has 11 heteroatoms. The van der Waals surface area contributed by atoms with Gasteiger partial charge in [-0.15, -0.1) is 24.5 Å². The number of carbonyl (C=O) groups is 2. The summed E-state index contributed by atoms with van der Waals surface area (Å²) in [5.41, 5.74) is -1.12. The van der Waals surface area contributed by atoms with Crippen LogP contribution in [0.3, 0.4) is 0 Å². The minimum absolute atomic E-state index is 0.0908. The molecule has 1 aromatic carbocycles. The highest BCUT2D eigenvalue weighted by molar-refractivity contribution is 7.10. The van der Waals surface area contributed by atoms with Crippen molar-refractivity contribution in [2.75, 3.05) is 11.9 Å². The predicted molar refractivity (Wildman–Crippen MR) is 101 cm³/mol. The summed E-state index contributed by atoms with van der Waals surface area (Å²) in [6, 6.07) is 9.24. The third-order valence-electron chi connectivity index (χ3n) is 3.98. The molecule has 0 aliphatic heterocycles. The fourth-order valence-corrected chi connectivity index (χ4v) is 3.41. The van der Waals surface area contributed by atoms with Crippen molar-refractivity contribution in [3.05, 3.63) is 70.8 Å². The molecule has 1 atom stereocenters. The van der Waals surface area contributed by atoms with Crippen LogP contribution in [0.5, 0.6) is 5.75 Å². The van der Waals surface area contributed by atoms with Crippen LogP contribution in [-0.2, 0) is 15.2 Å². The number of thiophene rings is 1. The van der Waals surface area contributed by atoms with Gasteiger partial charge in [0, 0.05) is 16.1 Å². The average Bonchev–Trinajstić information content (AvgIpc) is 3.40. The fourth-order valence-electron chi connectivity index (χ4n) is 2.56. The molecule has 3 rings (SSSR count). The fraction of sp³-hybridized carbons (Fsp3) is 0.158. The van der Waals surface area contributed by atoms with Crippen LogP contribution in [0.25, 0.3) is 0 Å². The Morgan fingerprint density at radius 1 is 1.10 bits per heavy atom. The SMILES string of the molecule is O=C(NC[C@](O)(c1ccoc1)c1cccs1)C(=O)Nc1ccc(OC(F)(F)F)cc1. The van der Waals surface area contributed by atoms with E-state index in [9.17, 15) is 27.9 Å². The molecular weight excluding hydrogens is 425 g/mol. The Bertz CT molecular complexity index is 952. The van der Waals surface area contributed by atoms with Crippen molar-refractivity contribution >= 4 is 28.8 Å². The number of halogens is 3. The van der Waals surface area contributed by atoms with Gasteiger partial charge in [-0.1, -0.05) is 6.07 Å². The Morgan fingerprint density at radius 2 is 1.83 bits per heavy atom. The number of ether oxygens (including phenoxy) is 1. The Hall–Kier alpha value is -3.31. The lowest BCUT2D eigenvalue weighted by Gasteiger charge is -2.26. The largest absolute Gasteiger partial charge is 0.573 e. The van der Waals surface area contributed by atoms with Gasteiger partial charge in [0.05, 0.1) is 19.1 Å². The summed E-state index contributed by atoms with van der Waals surface area (Å²) < 4.78 is 45.3. The summed E-state index contributed by atoms with van der Waals surface area (Å²) in [7, 11) is 0. The Morgan fingerprint density at radius 3 is 2.40 bits per heavy atom. The highest BCUT2D eigenvalue weighted by Gasteiger charge is 2.35. The number of aliphatic hydroxyl groups is 1. The summed E-state index contributed by atoms with van der Waals surface area (Å²) in [6.07, 6.45) is -2.13. The lowest BCUT2D eigenvalue weighted by Crippen LogP contribution is -2.44. The van der Waals surface area contributed by atoms with Crippen LogP contribution < -0.4 is 15.4 Å². The zero-order chi connectivity index (χ0) is 21.8. The molecule has 0 aliphatic carbocycles. The zero-order valence-electron chi connectivity index (χ0n) is 15.1. The number of furan rings is 1. The maximum absolute atomic E-state index is 12.2. The van der Waals surface area contributed by atoms with Crippen LogP contribution in [0.1, 0.15) is 10.4 Å². The van der Waals surface area contributed by atoms with Crippen molar-refractivity contribution in [3.63, 3.8) is 0 Å². The lowest BCUT2D eigenvalue weighted by atomic mass is 9.94. The average molecular weight is 440 g/mol. The summed E-state index contributed by atoms with van der Waals surface area (Å²) in [4.78, 5) is 24.8. The van der Waals surface area contributed by atoms with E-state index in [1.807, 2.05) is 0 Å². The first-order valence-corrected chi connectivity index (χ1v) is 9.29. The second kappa shape index (κ2) is 8.59. The number of alkyl halides is 3. The number of amides is 2. The number of nitrogens with one attached hydrogen (secondary N) is 2. The van der Waals surface area contributed by atoms with Crippen LogP contribution in [0, 0.1) is 0 Å². The molecule has 0 saturated heterocycles. The van der Waals surface area contributed by atoms with Crippen molar-refractivity contribution < 1.29 is 37.0 Å². The minimum atomic E-state index is -4.83. The molecule has 3 aromatic rings. The van der Waals surface area contributed by atoms with Crippen LogP contribution in [0.4, 0.5) is 18.9 Å². The molecule has 7 nitrogen and oxygen atoms in total. The molecule has 0 spiro atoms. The molecule has 0 unspecified atom stereocenters. The molecular formula is C19H15F3N2O5S. The highest BCUT2D eigenvalue weighted by atomic mass is 32.1. The maximum atomic E-state index is 12.2. The standard InChI is InChI=1S/C19H15F3N2O5S/c20-19(21,22)29-14-5-3-13(4-6-14)24-17(26)16(25)23-11-18(27,12-7-8-28-10-12)15-2-1-9-30-15/h1-10,27H,11H2,(H,23,25)(H,24,26)/t18-/m0/s1. The maximum Gasteiger partial charge on any atom is 0.573 e. The van der Waals surface area contributed by atoms with Gasteiger partial charge in [0.25, 0.3) is 0 Å². The molecule has 0 fully saturated rings. The summed E-state index contributed by atoms with van der Waals surface area (Å²) in [5, 5.41) is 17.4. The third-order valence-corrected chi connectivity index (χ3v) is 5.01. The van der Waals surface area contributed by atoms with E-state index in [0.717, 1.165) is 24.3 Å². The van der Waals surface area contributed by atoms with Crippen molar-refractivity contribution in [1.82, 2.24) is 5.32 Å². The van der Waals surface area contributed by atoms with Gasteiger partial charge >= 0.3 is 18.2 Å². The van der Waals surface area contributed by atoms with E-state index >= 15 is 0 Å². The third kappa shape index (κ3) is 5.19. The molecule has 2 amide bonds. The summed E-state index contributed by atoms with van der Waals surface area (Å²) in [5.74, 6) is -2.56. The quantitative estimate of drug-likeness (QED) is 0.511. The van der Waals surface area contributed by atoms with E-state index in [4.69, 9.17) is 4.42 Å². The molecule has 2 aromatic heterocycles. The number of benzene rings is 1. The molecule has 158 valence electrons. The first kappa shape index (κ1) is 21.4. The molecule has 0 bridgehead atoms. The van der Waals surface area contributed by atoms with Crippen molar-refractivity contribution in [2.24, 2.45) is 0 Å². The first-order valence-electron chi connectivity index (χ1n) is 8.41. The minimum Gasteiger partial charge on any atom is -0.472 e. The first-order chi connectivity index (χ1) is 14.2. The van der Waals surface area contributed by atoms with Gasteiger partial charge in [0.1, 0.15) is 11.4 Å². The second-order valence-electron chi connectivity index (χ2n) is 6.06. The van der Waals surface area contributed by atoms with E-state index in [1.165, 1.54) is 29.9 Å². The Balaban J connectivity index is 1.62. The van der Waals surface area contributed by atoms with Gasteiger partial charge in [0.2, 0.25) is 0 Å². The number of hydrogen-bond acceptors (Lipinski definition) is 6. The Kier molecular flexibility index (Phi) is 6.13. The van der Waals surface area contributed by atoms with Crippen LogP contribution in [0.15, 0.2) is 64.8 Å². The van der Waals surface area contributed by atoms with Gasteiger partial charge < -0.3 is 24.9 Å². The topological polar surface area (TPSA) is 101 Å². The van der Waals surface area contributed by atoms with Crippen molar-refractivity contribution in [3.8, 4) is 5.75 Å². The Labute approximate surface area is 172 Å². The molecule has 3 N–H and O–H groups in total. The number of carbonyl (C=O) groups excluding carboxylic acids is 2. The van der Waals surface area contributed by atoms with Gasteiger partial charge in [-0.25, -0.2) is 0 Å². The van der Waals surface area contributed by atoms with Crippen LogP contribution >= 0.6 is 11.3 Å². The number of anilines is 1. The summed E-state index contributed by atoms with van der Waals surface area (Å²) in [6.45, 7) is -0.308. The monoisotopic (exact) mass is 440 g/mol. The molecule has 0 saturated carbocycles. The molecule has 0 radical (unpaired) electrons. The van der Waals surface area contributed by atoms with E-state index < -0.39 is 29.5 Å². The van der Waals surface area contributed by atoms with E-state index in [2.05, 4.69) is 15.4 Å². The smallest absolute Gasteiger partial charge is 0.472 e. The van der Waals surface area contributed by atoms with Gasteiger partial charge in [-0.3, -0.25) is 9.59 Å². The van der Waals surface area contributed by atoms with Crippen molar-refractivity contribution in [2.45, 2.75) is 12.0 Å². The summed E-state index contributed by atoms with van der Waals surface area (Å²) >= 11 is 1.26. The normalized spacial score (nSPS) is 13.3. The van der Waals surface area contributed by atoms with Gasteiger partial charge in [0.15, 0.2) is 0 Å². The molecule has 0 aliphatic rings. The second-order valence-corrected chi connectivity index (χ2v) is 7.01. The number of hydrogen-bond donors (Lipinski definition) is 3. The van der Waals surface area contributed by atoms with Crippen molar-refractivity contribution in [1.29, 1.82) is 0 Å². The molecule has 2 heterocycles. The predicted octanol–water partition coefficient (Wildman–Crippen LogP) is 3.23. The highest BCUT2D eigenvalue weighted by Crippen LogP contribution is 2.32.